The highest BCUT2D eigenvalue weighted by atomic mass is 35.5. The van der Waals surface area contributed by atoms with Gasteiger partial charge in [0.2, 0.25) is 0 Å². The Bertz CT molecular complexity index is 1080. The van der Waals surface area contributed by atoms with Gasteiger partial charge in [0.1, 0.15) is 5.82 Å². The number of halogens is 2. The molecule has 0 bridgehead atoms. The van der Waals surface area contributed by atoms with Crippen molar-refractivity contribution in [2.75, 3.05) is 17.2 Å². The van der Waals surface area contributed by atoms with Crippen LogP contribution in [0.4, 0.5) is 19.7 Å². The fourth-order valence-corrected chi connectivity index (χ4v) is 4.04. The van der Waals surface area contributed by atoms with Crippen molar-refractivity contribution in [2.45, 2.75) is 6.42 Å². The lowest BCUT2D eigenvalue weighted by Crippen LogP contribution is -2.38. The monoisotopic (exact) mass is 484 g/mol. The maximum absolute atomic E-state index is 14.2. The Hall–Kier alpha value is -2.96. The van der Waals surface area contributed by atoms with Crippen LogP contribution in [-0.4, -0.2) is 30.3 Å². The number of primary amides is 1. The van der Waals surface area contributed by atoms with E-state index < -0.39 is 23.8 Å². The standard InChI is InChI=1S/C18H14ClFN4O5S2/c19-10-8-12-9(7-11(10)20)14(16(25)24(12)17(21)26)15(13-3-1-5-30-13)29-18(27)22-4-2-6-31-23-28/h1,3,5,7-8H,2,4,6H2,(H2,21,26)(H,22,27)/b15-14-. The summed E-state index contributed by atoms with van der Waals surface area (Å²) in [4.78, 5) is 48.3. The van der Waals surface area contributed by atoms with Gasteiger partial charge in [-0.3, -0.25) is 4.79 Å². The molecule has 1 aromatic heterocycles. The molecule has 0 saturated heterocycles. The van der Waals surface area contributed by atoms with Crippen LogP contribution in [-0.2, 0) is 9.53 Å². The van der Waals surface area contributed by atoms with E-state index in [0.29, 0.717) is 22.0 Å². The van der Waals surface area contributed by atoms with Crippen LogP contribution in [0.2, 0.25) is 5.02 Å². The average Bonchev–Trinajstić information content (AvgIpc) is 3.33. The number of carbonyl (C=O) groups excluding carboxylic acids is 3. The second kappa shape index (κ2) is 9.90. The van der Waals surface area contributed by atoms with Crippen LogP contribution in [0, 0.1) is 10.7 Å². The normalized spacial score (nSPS) is 14.3. The summed E-state index contributed by atoms with van der Waals surface area (Å²) < 4.78 is 22.2. The number of hydrogen-bond donors (Lipinski definition) is 2. The Labute approximate surface area is 188 Å². The number of imide groups is 1. The van der Waals surface area contributed by atoms with Gasteiger partial charge in [0.25, 0.3) is 5.91 Å². The van der Waals surface area contributed by atoms with Crippen molar-refractivity contribution in [3.05, 3.63) is 55.8 Å². The summed E-state index contributed by atoms with van der Waals surface area (Å²) in [5, 5.41) is 3.87. The highest BCUT2D eigenvalue weighted by Crippen LogP contribution is 2.43. The van der Waals surface area contributed by atoms with E-state index >= 15 is 0 Å². The van der Waals surface area contributed by atoms with E-state index in [1.54, 1.807) is 17.5 Å². The first-order valence-corrected chi connectivity index (χ1v) is 10.9. The number of rotatable bonds is 7. The summed E-state index contributed by atoms with van der Waals surface area (Å²) in [6.07, 6.45) is -0.418. The van der Waals surface area contributed by atoms with Crippen LogP contribution in [0.3, 0.4) is 0 Å². The molecule has 0 unspecified atom stereocenters. The third-order valence-electron chi connectivity index (χ3n) is 4.09. The molecule has 13 heteroatoms. The molecule has 162 valence electrons. The van der Waals surface area contributed by atoms with Gasteiger partial charge in [-0.2, -0.15) is 0 Å². The molecule has 1 aromatic carbocycles. The smallest absolute Gasteiger partial charge is 0.408 e. The molecule has 2 heterocycles. The third kappa shape index (κ3) is 4.86. The van der Waals surface area contributed by atoms with Crippen LogP contribution in [0.5, 0.6) is 0 Å². The molecular formula is C18H14ClFN4O5S2. The molecule has 2 aromatic rings. The van der Waals surface area contributed by atoms with Gasteiger partial charge < -0.3 is 15.8 Å². The molecule has 0 radical (unpaired) electrons. The topological polar surface area (TPSA) is 131 Å². The van der Waals surface area contributed by atoms with Gasteiger partial charge in [0.15, 0.2) is 5.76 Å². The molecule has 0 aliphatic carbocycles. The van der Waals surface area contributed by atoms with Gasteiger partial charge in [-0.25, -0.2) is 18.9 Å². The van der Waals surface area contributed by atoms with Gasteiger partial charge in [-0.1, -0.05) is 17.7 Å². The van der Waals surface area contributed by atoms with Crippen molar-refractivity contribution in [1.29, 1.82) is 0 Å². The number of thiophene rings is 1. The molecule has 4 amide bonds. The Kier molecular flexibility index (Phi) is 7.25. The zero-order chi connectivity index (χ0) is 22.5. The molecule has 3 N–H and O–H groups in total. The first kappa shape index (κ1) is 22.7. The second-order valence-electron chi connectivity index (χ2n) is 6.02. The number of urea groups is 1. The molecule has 3 rings (SSSR count). The van der Waals surface area contributed by atoms with E-state index in [1.165, 1.54) is 11.3 Å². The zero-order valence-corrected chi connectivity index (χ0v) is 18.0. The number of alkyl carbamates (subject to hydrolysis) is 1. The predicted octanol–water partition coefficient (Wildman–Crippen LogP) is 4.37. The van der Waals surface area contributed by atoms with E-state index in [2.05, 4.69) is 9.90 Å². The number of carbonyl (C=O) groups is 3. The minimum absolute atomic E-state index is 0.00959. The van der Waals surface area contributed by atoms with E-state index in [0.717, 1.165) is 24.1 Å². The summed E-state index contributed by atoms with van der Waals surface area (Å²) in [7, 11) is 0. The number of benzene rings is 1. The number of nitroso groups, excluding NO2 is 1. The highest BCUT2D eigenvalue weighted by molar-refractivity contribution is 7.97. The largest absolute Gasteiger partial charge is 0.412 e. The molecular weight excluding hydrogens is 471 g/mol. The number of hydrogen-bond acceptors (Lipinski definition) is 8. The van der Waals surface area contributed by atoms with Crippen LogP contribution >= 0.6 is 34.9 Å². The van der Waals surface area contributed by atoms with Crippen LogP contribution in [0.1, 0.15) is 16.9 Å². The molecule has 9 nitrogen and oxygen atoms in total. The lowest BCUT2D eigenvalue weighted by molar-refractivity contribution is -0.112. The van der Waals surface area contributed by atoms with Gasteiger partial charge in [0.05, 0.1) is 21.2 Å². The minimum Gasteiger partial charge on any atom is -0.408 e. The van der Waals surface area contributed by atoms with Crippen molar-refractivity contribution < 1.29 is 23.5 Å². The molecule has 1 aliphatic rings. The lowest BCUT2D eigenvalue weighted by atomic mass is 10.0. The number of nitrogens with two attached hydrogens (primary N) is 1. The maximum Gasteiger partial charge on any atom is 0.412 e. The summed E-state index contributed by atoms with van der Waals surface area (Å²) >= 11 is 7.80. The zero-order valence-electron chi connectivity index (χ0n) is 15.6. The highest BCUT2D eigenvalue weighted by Gasteiger charge is 2.40. The summed E-state index contributed by atoms with van der Waals surface area (Å²) in [6.45, 7) is 0.191. The third-order valence-corrected chi connectivity index (χ3v) is 5.82. The van der Waals surface area contributed by atoms with E-state index in [4.69, 9.17) is 22.1 Å². The van der Waals surface area contributed by atoms with Crippen LogP contribution < -0.4 is 16.0 Å². The molecule has 0 atom stereocenters. The maximum atomic E-state index is 14.2. The fourth-order valence-electron chi connectivity index (χ4n) is 2.82. The lowest BCUT2D eigenvalue weighted by Gasteiger charge is -2.12. The van der Waals surface area contributed by atoms with Crippen molar-refractivity contribution in [1.82, 2.24) is 5.32 Å². The van der Waals surface area contributed by atoms with Gasteiger partial charge in [-0.15, -0.1) is 16.2 Å². The number of nitrogens with one attached hydrogen (secondary N) is 1. The summed E-state index contributed by atoms with van der Waals surface area (Å²) in [5.74, 6) is -1.46. The number of anilines is 1. The average molecular weight is 485 g/mol. The summed E-state index contributed by atoms with van der Waals surface area (Å²) in [6, 6.07) is 4.25. The molecule has 31 heavy (non-hydrogen) atoms. The van der Waals surface area contributed by atoms with Crippen molar-refractivity contribution in [3.63, 3.8) is 0 Å². The fraction of sp³-hybridized carbons (Fsp3) is 0.167. The summed E-state index contributed by atoms with van der Waals surface area (Å²) in [5.41, 5.74) is 5.12. The van der Waals surface area contributed by atoms with Gasteiger partial charge in [-0.05, 0) is 30.0 Å². The number of amides is 4. The van der Waals surface area contributed by atoms with Crippen molar-refractivity contribution in [3.8, 4) is 0 Å². The number of nitrogens with zero attached hydrogens (tertiary/aromatic N) is 2. The predicted molar refractivity (Wildman–Crippen MR) is 117 cm³/mol. The van der Waals surface area contributed by atoms with E-state index in [9.17, 15) is 23.7 Å². The van der Waals surface area contributed by atoms with Gasteiger partial charge >= 0.3 is 12.1 Å². The second-order valence-corrected chi connectivity index (χ2v) is 8.19. The van der Waals surface area contributed by atoms with Crippen molar-refractivity contribution >= 4 is 69.9 Å². The Morgan fingerprint density at radius 3 is 2.81 bits per heavy atom. The first-order chi connectivity index (χ1) is 14.8. The van der Waals surface area contributed by atoms with Crippen LogP contribution in [0.25, 0.3) is 11.3 Å². The Morgan fingerprint density at radius 2 is 2.16 bits per heavy atom. The van der Waals surface area contributed by atoms with Gasteiger partial charge in [0, 0.05) is 34.4 Å². The molecule has 1 aliphatic heterocycles. The number of ether oxygens (including phenoxy) is 1. The van der Waals surface area contributed by atoms with E-state index in [-0.39, 0.29) is 34.2 Å². The quantitative estimate of drug-likeness (QED) is 0.197. The molecule has 0 fully saturated rings. The minimum atomic E-state index is -1.10. The Balaban J connectivity index is 2.02. The van der Waals surface area contributed by atoms with E-state index in [1.807, 2.05) is 0 Å². The molecule has 0 spiro atoms. The van der Waals surface area contributed by atoms with Crippen LogP contribution in [0.15, 0.2) is 34.2 Å². The van der Waals surface area contributed by atoms with Crippen molar-refractivity contribution in [2.24, 2.45) is 10.3 Å². The SMILES string of the molecule is NC(=O)N1C(=O)/C(=C(\OC(=O)NCCCSN=O)c2cccs2)c2cc(F)c(Cl)cc21. The number of fused-ring (bicyclic) bond motifs is 1. The first-order valence-electron chi connectivity index (χ1n) is 8.67. The molecule has 0 saturated carbocycles. The Morgan fingerprint density at radius 1 is 1.39 bits per heavy atom.